The smallest absolute Gasteiger partial charge is 0.545 e. The van der Waals surface area contributed by atoms with E-state index in [-0.39, 0.29) is 66.9 Å². The van der Waals surface area contributed by atoms with E-state index in [9.17, 15) is 23.8 Å². The number of nitrogens with zero attached hydrogens (tertiary/aromatic N) is 1. The van der Waals surface area contributed by atoms with Gasteiger partial charge in [0.15, 0.2) is 0 Å². The number of hydrogen-bond donors (Lipinski definition) is 1. The van der Waals surface area contributed by atoms with Crippen molar-refractivity contribution < 1.29 is 58.1 Å². The Balaban J connectivity index is 0.00000324. The third-order valence-electron chi connectivity index (χ3n) is 5.35. The van der Waals surface area contributed by atoms with E-state index in [2.05, 4.69) is 0 Å². The van der Waals surface area contributed by atoms with Gasteiger partial charge in [0, 0.05) is 51.5 Å². The molecule has 0 aliphatic carbocycles. The summed E-state index contributed by atoms with van der Waals surface area (Å²) in [5.41, 5.74) is 2.24. The molecule has 1 heterocycles. The minimum atomic E-state index is -1.30. The number of fused-ring (bicyclic) bond motifs is 1. The molecule has 0 aliphatic rings. The van der Waals surface area contributed by atoms with E-state index in [4.69, 9.17) is 16.3 Å². The van der Waals surface area contributed by atoms with Gasteiger partial charge in [-0.3, -0.25) is 0 Å². The van der Waals surface area contributed by atoms with Crippen LogP contribution in [-0.2, 0) is 19.6 Å². The monoisotopic (exact) mass is 493 g/mol. The van der Waals surface area contributed by atoms with Crippen molar-refractivity contribution in [1.82, 2.24) is 4.57 Å². The molecule has 1 N–H and O–H groups in total. The molecule has 34 heavy (non-hydrogen) atoms. The van der Waals surface area contributed by atoms with Crippen LogP contribution in [0.3, 0.4) is 0 Å². The van der Waals surface area contributed by atoms with E-state index in [1.807, 2.05) is 4.57 Å². The van der Waals surface area contributed by atoms with Gasteiger partial charge >= 0.3 is 29.6 Å². The van der Waals surface area contributed by atoms with Gasteiger partial charge in [-0.2, -0.15) is 0 Å². The molecule has 4 aromatic rings. The van der Waals surface area contributed by atoms with Crippen LogP contribution in [0.25, 0.3) is 10.9 Å². The number of rotatable bonds is 8. The fourth-order valence-electron chi connectivity index (χ4n) is 3.84. The number of halogens is 3. The summed E-state index contributed by atoms with van der Waals surface area (Å²) in [5, 5.41) is 22.0. The number of carbonyl (C=O) groups is 1. The van der Waals surface area contributed by atoms with Crippen molar-refractivity contribution in [3.05, 3.63) is 99.7 Å². The first-order valence-corrected chi connectivity index (χ1v) is 10.5. The van der Waals surface area contributed by atoms with Gasteiger partial charge in [-0.25, -0.2) is 8.78 Å². The Morgan fingerprint density at radius 3 is 2.56 bits per heavy atom. The molecule has 0 amide bonds. The Bertz CT molecular complexity index is 1340. The normalized spacial score (nSPS) is 10.8. The summed E-state index contributed by atoms with van der Waals surface area (Å²) in [5.74, 6) is -2.22. The summed E-state index contributed by atoms with van der Waals surface area (Å²) in [6.45, 7) is 0.0211. The number of ether oxygens (including phenoxy) is 1. The summed E-state index contributed by atoms with van der Waals surface area (Å²) in [7, 11) is 0. The van der Waals surface area contributed by atoms with Gasteiger partial charge in [-0.1, -0.05) is 23.7 Å². The number of aromatic carboxylic acids is 1. The molecule has 4 rings (SSSR count). The Morgan fingerprint density at radius 2 is 1.85 bits per heavy atom. The first kappa shape index (κ1) is 26.2. The predicted molar refractivity (Wildman–Crippen MR) is 118 cm³/mol. The minimum absolute atomic E-state index is 0. The number of hydrogen-bond acceptors (Lipinski definition) is 4. The molecule has 1 aromatic heterocycles. The topological polar surface area (TPSA) is 74.5 Å². The van der Waals surface area contributed by atoms with Crippen molar-refractivity contribution in [2.24, 2.45) is 0 Å². The van der Waals surface area contributed by atoms with Gasteiger partial charge < -0.3 is 24.3 Å². The van der Waals surface area contributed by atoms with Crippen molar-refractivity contribution in [3.8, 4) is 5.75 Å². The third kappa shape index (κ3) is 5.62. The number of benzene rings is 3. The molecule has 0 atom stereocenters. The van der Waals surface area contributed by atoms with Crippen LogP contribution in [0, 0.1) is 11.6 Å². The third-order valence-corrected chi connectivity index (χ3v) is 5.58. The fourth-order valence-corrected chi connectivity index (χ4v) is 4.03. The van der Waals surface area contributed by atoms with Crippen molar-refractivity contribution >= 4 is 28.5 Å². The van der Waals surface area contributed by atoms with Crippen molar-refractivity contribution in [1.29, 1.82) is 0 Å². The molecule has 0 saturated heterocycles. The van der Waals surface area contributed by atoms with E-state index in [0.717, 1.165) is 12.1 Å². The van der Waals surface area contributed by atoms with Crippen LogP contribution >= 0.6 is 11.6 Å². The van der Waals surface area contributed by atoms with E-state index >= 15 is 0 Å². The Kier molecular flexibility index (Phi) is 8.73. The van der Waals surface area contributed by atoms with Crippen molar-refractivity contribution in [3.63, 3.8) is 0 Å². The first-order chi connectivity index (χ1) is 15.9. The maximum atomic E-state index is 14.0. The van der Waals surface area contributed by atoms with Crippen LogP contribution in [-0.4, -0.2) is 22.2 Å². The van der Waals surface area contributed by atoms with Crippen LogP contribution < -0.4 is 39.4 Å². The largest absolute Gasteiger partial charge is 1.00 e. The van der Waals surface area contributed by atoms with E-state index in [0.29, 0.717) is 32.8 Å². The molecular formula is C25H19ClF2NNaO4. The number of carboxylic acids is 1. The summed E-state index contributed by atoms with van der Waals surface area (Å²) >= 11 is 6.20. The molecule has 3 aromatic carbocycles. The number of aliphatic hydroxyl groups excluding tert-OH is 1. The average Bonchev–Trinajstić information content (AvgIpc) is 3.12. The molecule has 0 bridgehead atoms. The number of carbonyl (C=O) groups excluding carboxylic acids is 1. The maximum Gasteiger partial charge on any atom is 1.00 e. The number of aromatic nitrogens is 1. The minimum Gasteiger partial charge on any atom is -0.545 e. The van der Waals surface area contributed by atoms with Crippen LogP contribution in [0.15, 0.2) is 60.8 Å². The summed E-state index contributed by atoms with van der Waals surface area (Å²) in [6, 6.07) is 13.2. The Morgan fingerprint density at radius 1 is 1.06 bits per heavy atom. The van der Waals surface area contributed by atoms with Gasteiger partial charge in [0.05, 0.1) is 12.5 Å². The van der Waals surface area contributed by atoms with Gasteiger partial charge in [-0.15, -0.1) is 0 Å². The average molecular weight is 494 g/mol. The molecule has 5 nitrogen and oxygen atoms in total. The van der Waals surface area contributed by atoms with E-state index < -0.39 is 17.6 Å². The quantitative estimate of drug-likeness (QED) is 0.373. The zero-order chi connectivity index (χ0) is 23.5. The second-order valence-electron chi connectivity index (χ2n) is 7.52. The maximum absolute atomic E-state index is 14.0. The second kappa shape index (κ2) is 11.3. The molecule has 0 aliphatic heterocycles. The zero-order valence-electron chi connectivity index (χ0n) is 18.4. The second-order valence-corrected chi connectivity index (χ2v) is 7.96. The molecule has 0 radical (unpaired) electrons. The number of carboxylic acid groups (broad SMARTS) is 1. The first-order valence-electron chi connectivity index (χ1n) is 10.2. The molecule has 0 fully saturated rings. The molecule has 0 spiro atoms. The van der Waals surface area contributed by atoms with Crippen LogP contribution in [0.4, 0.5) is 8.78 Å². The van der Waals surface area contributed by atoms with Gasteiger partial charge in [-0.05, 0) is 48.4 Å². The van der Waals surface area contributed by atoms with Crippen molar-refractivity contribution in [2.45, 2.75) is 19.6 Å². The molecule has 9 heteroatoms. The predicted octanol–water partition coefficient (Wildman–Crippen LogP) is 1.10. The molecule has 0 unspecified atom stereocenters. The van der Waals surface area contributed by atoms with Gasteiger partial charge in [0.25, 0.3) is 0 Å². The summed E-state index contributed by atoms with van der Waals surface area (Å²) in [6.07, 6.45) is 2.05. The van der Waals surface area contributed by atoms with Gasteiger partial charge in [0.2, 0.25) is 0 Å². The SMILES string of the molecule is O=C([O-])c1cccc2c1c(CCO)cn2Cc1cc(Cl)ccc1OCc1ccc(F)cc1F.[Na+]. The molecule has 0 saturated carbocycles. The Labute approximate surface area is 221 Å². The van der Waals surface area contributed by atoms with Crippen LogP contribution in [0.1, 0.15) is 27.0 Å². The zero-order valence-corrected chi connectivity index (χ0v) is 21.1. The fraction of sp³-hybridized carbons (Fsp3) is 0.160. The molecule has 170 valence electrons. The standard InChI is InChI=1S/C25H20ClF2NO4.Na/c26-18-5-7-23(33-14-16-4-6-19(27)11-21(16)28)17(10-18)13-29-12-15(8-9-30)24-20(25(31)32)2-1-3-22(24)29;/h1-7,10-12,30H,8-9,13-14H2,(H,31,32);/q;+1/p-1. The summed E-state index contributed by atoms with van der Waals surface area (Å²) < 4.78 is 34.8. The molecular weight excluding hydrogens is 475 g/mol. The van der Waals surface area contributed by atoms with Gasteiger partial charge in [0.1, 0.15) is 24.0 Å². The summed E-state index contributed by atoms with van der Waals surface area (Å²) in [4.78, 5) is 11.6. The Hall–Kier alpha value is -2.42. The van der Waals surface area contributed by atoms with E-state index in [1.165, 1.54) is 12.1 Å². The van der Waals surface area contributed by atoms with Crippen LogP contribution in [0.2, 0.25) is 5.02 Å². The van der Waals surface area contributed by atoms with E-state index in [1.54, 1.807) is 36.5 Å². The van der Waals surface area contributed by atoms with Crippen molar-refractivity contribution in [2.75, 3.05) is 6.61 Å². The van der Waals surface area contributed by atoms with Crippen LogP contribution in [0.5, 0.6) is 5.75 Å². The number of aliphatic hydroxyl groups is 1.